The van der Waals surface area contributed by atoms with Crippen molar-refractivity contribution in [2.45, 2.75) is 25.3 Å². The molecule has 0 fully saturated rings. The second-order valence-corrected chi connectivity index (χ2v) is 8.12. The summed E-state index contributed by atoms with van der Waals surface area (Å²) < 4.78 is 4.93. The van der Waals surface area contributed by atoms with E-state index in [0.29, 0.717) is 0 Å². The molecule has 152 valence electrons. The first-order valence-electron chi connectivity index (χ1n) is 10.3. The summed E-state index contributed by atoms with van der Waals surface area (Å²) in [4.78, 5) is 12.3. The number of ether oxygens (including phenoxy) is 1. The van der Waals surface area contributed by atoms with Crippen molar-refractivity contribution < 1.29 is 9.53 Å². The Kier molecular flexibility index (Phi) is 3.55. The molecule has 0 saturated carbocycles. The van der Waals surface area contributed by atoms with Crippen LogP contribution in [0.2, 0.25) is 0 Å². The van der Waals surface area contributed by atoms with Crippen molar-refractivity contribution in [2.24, 2.45) is 5.10 Å². The second-order valence-electron chi connectivity index (χ2n) is 8.12. The average molecular weight is 408 g/mol. The van der Waals surface area contributed by atoms with Crippen LogP contribution in [-0.2, 0) is 14.9 Å². The van der Waals surface area contributed by atoms with Crippen LogP contribution < -0.4 is 5.01 Å². The van der Waals surface area contributed by atoms with E-state index in [1.807, 2.05) is 18.9 Å². The highest BCUT2D eigenvalue weighted by molar-refractivity contribution is 6.41. The normalized spacial score (nSPS) is 18.9. The molecule has 1 aromatic heterocycles. The fraction of sp³-hybridized carbons (Fsp3) is 0.200. The van der Waals surface area contributed by atoms with Crippen LogP contribution >= 0.6 is 0 Å². The molecule has 3 aliphatic rings. The minimum atomic E-state index is -0.491. The van der Waals surface area contributed by atoms with Crippen LogP contribution in [0.25, 0.3) is 11.1 Å². The van der Waals surface area contributed by atoms with Crippen molar-refractivity contribution in [2.75, 3.05) is 12.1 Å². The maximum absolute atomic E-state index is 12.3. The maximum Gasteiger partial charge on any atom is 0.358 e. The first-order chi connectivity index (χ1) is 15.1. The highest BCUT2D eigenvalue weighted by atomic mass is 16.5. The van der Waals surface area contributed by atoms with Crippen molar-refractivity contribution in [3.8, 4) is 11.1 Å². The number of carbonyl (C=O) groups excluding carboxylic acids is 1. The van der Waals surface area contributed by atoms with E-state index in [1.165, 1.54) is 29.4 Å². The van der Waals surface area contributed by atoms with Gasteiger partial charge in [-0.3, -0.25) is 5.01 Å². The van der Waals surface area contributed by atoms with Crippen molar-refractivity contribution >= 4 is 17.4 Å². The molecule has 1 atom stereocenters. The quantitative estimate of drug-likeness (QED) is 0.575. The number of rotatable bonds is 1. The zero-order chi connectivity index (χ0) is 21.3. The number of benzene rings is 2. The standard InChI is InChI=1S/C25H20N4O2/c1-14-22-23(15(2)27-26-14)29-21(13-12-20(28-29)24(30)31-3)25(22)18-10-6-4-8-16(18)17-9-5-7-11-19(17)25/h4-13,21H,1-3H3. The Hall–Kier alpha value is -3.80. The highest BCUT2D eigenvalue weighted by Gasteiger charge is 2.59. The number of methoxy groups -OCH3 is 1. The van der Waals surface area contributed by atoms with Gasteiger partial charge in [-0.25, -0.2) is 4.79 Å². The van der Waals surface area contributed by atoms with E-state index in [9.17, 15) is 4.79 Å². The van der Waals surface area contributed by atoms with Gasteiger partial charge in [-0.2, -0.15) is 15.3 Å². The van der Waals surface area contributed by atoms with Gasteiger partial charge in [0.1, 0.15) is 0 Å². The predicted molar refractivity (Wildman–Crippen MR) is 118 cm³/mol. The van der Waals surface area contributed by atoms with E-state index in [1.54, 1.807) is 6.08 Å². The molecule has 1 aliphatic carbocycles. The van der Waals surface area contributed by atoms with Gasteiger partial charge in [0, 0.05) is 5.56 Å². The molecule has 6 nitrogen and oxygen atoms in total. The van der Waals surface area contributed by atoms with E-state index < -0.39 is 11.4 Å². The molecule has 0 amide bonds. The topological polar surface area (TPSA) is 67.7 Å². The monoisotopic (exact) mass is 408 g/mol. The van der Waals surface area contributed by atoms with Crippen LogP contribution in [0.1, 0.15) is 28.1 Å². The number of hydrogen-bond donors (Lipinski definition) is 0. The molecule has 3 aromatic rings. The number of nitrogens with zero attached hydrogens (tertiary/aromatic N) is 4. The number of anilines is 1. The largest absolute Gasteiger partial charge is 0.464 e. The van der Waals surface area contributed by atoms with Crippen molar-refractivity contribution in [1.82, 2.24) is 10.2 Å². The number of aryl methyl sites for hydroxylation is 2. The number of aromatic nitrogens is 2. The third-order valence-electron chi connectivity index (χ3n) is 6.66. The fourth-order valence-electron chi connectivity index (χ4n) is 5.56. The van der Waals surface area contributed by atoms with E-state index in [-0.39, 0.29) is 11.8 Å². The SMILES string of the molecule is COC(=O)C1=NN2c3c(C)nnc(C)c3C3(c4ccccc4-c4ccccc43)C2C=C1. The molecule has 31 heavy (non-hydrogen) atoms. The molecule has 2 aromatic carbocycles. The van der Waals surface area contributed by atoms with Crippen LogP contribution in [0.3, 0.4) is 0 Å². The third-order valence-corrected chi connectivity index (χ3v) is 6.66. The molecular formula is C25H20N4O2. The van der Waals surface area contributed by atoms with E-state index in [4.69, 9.17) is 9.84 Å². The van der Waals surface area contributed by atoms with Crippen LogP contribution in [0, 0.1) is 13.8 Å². The van der Waals surface area contributed by atoms with Gasteiger partial charge in [0.15, 0.2) is 5.71 Å². The Balaban J connectivity index is 1.75. The fourth-order valence-corrected chi connectivity index (χ4v) is 5.56. The van der Waals surface area contributed by atoms with E-state index >= 15 is 0 Å². The molecule has 6 heteroatoms. The van der Waals surface area contributed by atoms with Gasteiger partial charge in [0.2, 0.25) is 0 Å². The molecule has 1 unspecified atom stereocenters. The lowest BCUT2D eigenvalue weighted by Gasteiger charge is -2.36. The number of hydrogen-bond acceptors (Lipinski definition) is 6. The van der Waals surface area contributed by atoms with Crippen LogP contribution in [-0.4, -0.2) is 35.0 Å². The third kappa shape index (κ3) is 2.06. The van der Waals surface area contributed by atoms with Gasteiger partial charge in [-0.05, 0) is 42.2 Å². The summed E-state index contributed by atoms with van der Waals surface area (Å²) in [6.45, 7) is 3.95. The van der Waals surface area contributed by atoms with Crippen LogP contribution in [0.15, 0.2) is 65.8 Å². The minimum Gasteiger partial charge on any atom is -0.464 e. The molecule has 2 aliphatic heterocycles. The Morgan fingerprint density at radius 2 is 1.58 bits per heavy atom. The highest BCUT2D eigenvalue weighted by Crippen LogP contribution is 2.62. The Labute approximate surface area is 179 Å². The van der Waals surface area contributed by atoms with Crippen LogP contribution in [0.5, 0.6) is 0 Å². The Bertz CT molecular complexity index is 1300. The summed E-state index contributed by atoms with van der Waals surface area (Å²) in [5, 5.41) is 15.6. The van der Waals surface area contributed by atoms with E-state index in [0.717, 1.165) is 22.6 Å². The van der Waals surface area contributed by atoms with Crippen molar-refractivity contribution in [1.29, 1.82) is 0 Å². The lowest BCUT2D eigenvalue weighted by atomic mass is 9.68. The maximum atomic E-state index is 12.3. The molecule has 6 rings (SSSR count). The number of carbonyl (C=O) groups is 1. The summed E-state index contributed by atoms with van der Waals surface area (Å²) >= 11 is 0. The smallest absolute Gasteiger partial charge is 0.358 e. The van der Waals surface area contributed by atoms with Crippen molar-refractivity contribution in [3.63, 3.8) is 0 Å². The van der Waals surface area contributed by atoms with E-state index in [2.05, 4.69) is 64.8 Å². The predicted octanol–water partition coefficient (Wildman–Crippen LogP) is 3.70. The Morgan fingerprint density at radius 3 is 2.23 bits per heavy atom. The second kappa shape index (κ2) is 6.11. The summed E-state index contributed by atoms with van der Waals surface area (Å²) in [6, 6.07) is 16.9. The molecule has 1 spiro atoms. The average Bonchev–Trinajstić information content (AvgIpc) is 3.28. The van der Waals surface area contributed by atoms with Gasteiger partial charge in [0.05, 0.1) is 35.6 Å². The zero-order valence-electron chi connectivity index (χ0n) is 17.5. The summed E-state index contributed by atoms with van der Waals surface area (Å²) in [5.41, 5.74) is 8.33. The molecule has 3 heterocycles. The molecular weight excluding hydrogens is 388 g/mol. The van der Waals surface area contributed by atoms with Crippen molar-refractivity contribution in [3.05, 3.63) is 88.8 Å². The van der Waals surface area contributed by atoms with Crippen LogP contribution in [0.4, 0.5) is 5.69 Å². The van der Waals surface area contributed by atoms with Gasteiger partial charge in [-0.1, -0.05) is 54.6 Å². The molecule has 0 radical (unpaired) electrons. The number of hydrazone groups is 1. The van der Waals surface area contributed by atoms with Gasteiger partial charge < -0.3 is 4.74 Å². The lowest BCUT2D eigenvalue weighted by Crippen LogP contribution is -2.44. The summed E-state index contributed by atoms with van der Waals surface area (Å²) in [5.74, 6) is -0.458. The molecule has 0 saturated heterocycles. The number of fused-ring (bicyclic) bond motifs is 10. The van der Waals surface area contributed by atoms with Gasteiger partial charge in [0.25, 0.3) is 0 Å². The number of esters is 1. The molecule has 0 N–H and O–H groups in total. The molecule has 0 bridgehead atoms. The van der Waals surface area contributed by atoms with Gasteiger partial charge in [-0.15, -0.1) is 0 Å². The van der Waals surface area contributed by atoms with Gasteiger partial charge >= 0.3 is 5.97 Å². The summed E-state index contributed by atoms with van der Waals surface area (Å²) in [6.07, 6.45) is 3.84. The first-order valence-corrected chi connectivity index (χ1v) is 10.3. The lowest BCUT2D eigenvalue weighted by molar-refractivity contribution is -0.132. The Morgan fingerprint density at radius 1 is 0.968 bits per heavy atom. The minimum absolute atomic E-state index is 0.149. The zero-order valence-corrected chi connectivity index (χ0v) is 17.5. The first kappa shape index (κ1) is 18.0. The summed E-state index contributed by atoms with van der Waals surface area (Å²) in [7, 11) is 1.37.